The lowest BCUT2D eigenvalue weighted by Gasteiger charge is -2.15. The molecule has 1 aromatic carbocycles. The number of rotatable bonds is 5. The number of aliphatic carboxylic acids is 1. The monoisotopic (exact) mass is 273 g/mol. The summed E-state index contributed by atoms with van der Waals surface area (Å²) in [5.41, 5.74) is 5.76. The van der Waals surface area contributed by atoms with Crippen molar-refractivity contribution in [3.05, 3.63) is 23.8 Å². The smallest absolute Gasteiger partial charge is 0.312 e. The van der Waals surface area contributed by atoms with Crippen molar-refractivity contribution < 1.29 is 23.1 Å². The van der Waals surface area contributed by atoms with Gasteiger partial charge in [0.05, 0.1) is 17.9 Å². The summed E-state index contributed by atoms with van der Waals surface area (Å²) in [4.78, 5) is 11.1. The summed E-state index contributed by atoms with van der Waals surface area (Å²) in [7, 11) is -2.02. The molecule has 6 nitrogen and oxygen atoms in total. The number of benzene rings is 1. The van der Waals surface area contributed by atoms with Gasteiger partial charge in [-0.15, -0.1) is 0 Å². The first-order valence-electron chi connectivity index (χ1n) is 5.12. The van der Waals surface area contributed by atoms with E-state index in [1.54, 1.807) is 0 Å². The highest BCUT2D eigenvalue weighted by Gasteiger charge is 2.23. The van der Waals surface area contributed by atoms with Crippen LogP contribution < -0.4 is 10.5 Å². The molecule has 0 amide bonds. The standard InChI is InChI=1S/C11H15NO5S/c1-17-10-5-7(18(2,15)16)3-4-8(10)9(6-12)11(13)14/h3-5,9H,6,12H2,1-2H3,(H,13,14). The molecule has 0 aromatic heterocycles. The van der Waals surface area contributed by atoms with E-state index in [9.17, 15) is 13.2 Å². The first-order valence-corrected chi connectivity index (χ1v) is 7.01. The Labute approximate surface area is 105 Å². The van der Waals surface area contributed by atoms with Gasteiger partial charge in [-0.2, -0.15) is 0 Å². The lowest BCUT2D eigenvalue weighted by molar-refractivity contribution is -0.138. The van der Waals surface area contributed by atoms with Crippen LogP contribution in [0.25, 0.3) is 0 Å². The second-order valence-electron chi connectivity index (χ2n) is 3.80. The van der Waals surface area contributed by atoms with E-state index in [0.717, 1.165) is 6.26 Å². The number of hydrogen-bond donors (Lipinski definition) is 2. The molecule has 100 valence electrons. The molecule has 0 fully saturated rings. The van der Waals surface area contributed by atoms with Crippen molar-refractivity contribution in [3.8, 4) is 5.75 Å². The number of nitrogens with two attached hydrogens (primary N) is 1. The van der Waals surface area contributed by atoms with Crippen molar-refractivity contribution in [1.29, 1.82) is 0 Å². The zero-order valence-electron chi connectivity index (χ0n) is 10.1. The van der Waals surface area contributed by atoms with Gasteiger partial charge in [0.15, 0.2) is 9.84 Å². The van der Waals surface area contributed by atoms with Gasteiger partial charge < -0.3 is 15.6 Å². The van der Waals surface area contributed by atoms with Gasteiger partial charge >= 0.3 is 5.97 Å². The highest BCUT2D eigenvalue weighted by atomic mass is 32.2. The number of methoxy groups -OCH3 is 1. The molecule has 1 aromatic rings. The fourth-order valence-corrected chi connectivity index (χ4v) is 2.21. The quantitative estimate of drug-likeness (QED) is 0.795. The summed E-state index contributed by atoms with van der Waals surface area (Å²) < 4.78 is 27.8. The Morgan fingerprint density at radius 2 is 2.11 bits per heavy atom. The molecule has 1 unspecified atom stereocenters. The maximum atomic E-state index is 11.4. The van der Waals surface area contributed by atoms with Gasteiger partial charge in [-0.3, -0.25) is 4.79 Å². The molecular weight excluding hydrogens is 258 g/mol. The third-order valence-electron chi connectivity index (χ3n) is 2.54. The van der Waals surface area contributed by atoms with E-state index in [4.69, 9.17) is 15.6 Å². The molecule has 7 heteroatoms. The van der Waals surface area contributed by atoms with Crippen LogP contribution >= 0.6 is 0 Å². The third-order valence-corrected chi connectivity index (χ3v) is 3.65. The van der Waals surface area contributed by atoms with Crippen molar-refractivity contribution in [2.75, 3.05) is 19.9 Å². The number of carbonyl (C=O) groups is 1. The average Bonchev–Trinajstić information content (AvgIpc) is 2.28. The van der Waals surface area contributed by atoms with E-state index >= 15 is 0 Å². The van der Waals surface area contributed by atoms with Gasteiger partial charge in [0, 0.05) is 18.4 Å². The Kier molecular flexibility index (Phi) is 4.31. The number of ether oxygens (including phenoxy) is 1. The van der Waals surface area contributed by atoms with Crippen molar-refractivity contribution in [2.45, 2.75) is 10.8 Å². The predicted molar refractivity (Wildman–Crippen MR) is 65.5 cm³/mol. The Morgan fingerprint density at radius 3 is 2.50 bits per heavy atom. The fraction of sp³-hybridized carbons (Fsp3) is 0.364. The van der Waals surface area contributed by atoms with Crippen LogP contribution in [0.3, 0.4) is 0 Å². The first kappa shape index (κ1) is 14.5. The lowest BCUT2D eigenvalue weighted by Crippen LogP contribution is -2.21. The van der Waals surface area contributed by atoms with Crippen LogP contribution in [-0.2, 0) is 14.6 Å². The summed E-state index contributed by atoms with van der Waals surface area (Å²) >= 11 is 0. The molecular formula is C11H15NO5S. The maximum absolute atomic E-state index is 11.4. The maximum Gasteiger partial charge on any atom is 0.312 e. The lowest BCUT2D eigenvalue weighted by atomic mass is 9.98. The molecule has 0 spiro atoms. The van der Waals surface area contributed by atoms with Gasteiger partial charge in [-0.25, -0.2) is 8.42 Å². The minimum Gasteiger partial charge on any atom is -0.496 e. The molecule has 0 aliphatic heterocycles. The Bertz CT molecular complexity index is 553. The van der Waals surface area contributed by atoms with Crippen LogP contribution in [0.2, 0.25) is 0 Å². The van der Waals surface area contributed by atoms with E-state index in [1.807, 2.05) is 0 Å². The summed E-state index contributed by atoms with van der Waals surface area (Å²) in [5, 5.41) is 9.02. The van der Waals surface area contributed by atoms with Gasteiger partial charge in [0.1, 0.15) is 5.75 Å². The number of sulfone groups is 1. The zero-order chi connectivity index (χ0) is 13.9. The number of carboxylic acids is 1. The van der Waals surface area contributed by atoms with E-state index in [0.29, 0.717) is 5.56 Å². The predicted octanol–water partition coefficient (Wildman–Crippen LogP) is 0.226. The highest BCUT2D eigenvalue weighted by Crippen LogP contribution is 2.29. The van der Waals surface area contributed by atoms with Gasteiger partial charge in [-0.1, -0.05) is 6.07 Å². The molecule has 3 N–H and O–H groups in total. The van der Waals surface area contributed by atoms with Gasteiger partial charge in [-0.05, 0) is 12.1 Å². The fourth-order valence-electron chi connectivity index (χ4n) is 1.57. The van der Waals surface area contributed by atoms with E-state index in [-0.39, 0.29) is 17.2 Å². The molecule has 0 heterocycles. The molecule has 0 aliphatic carbocycles. The molecule has 0 radical (unpaired) electrons. The van der Waals surface area contributed by atoms with Crippen molar-refractivity contribution in [3.63, 3.8) is 0 Å². The largest absolute Gasteiger partial charge is 0.496 e. The molecule has 0 saturated carbocycles. The molecule has 0 bridgehead atoms. The summed E-state index contributed by atoms with van der Waals surface area (Å²) in [6, 6.07) is 4.07. The van der Waals surface area contributed by atoms with E-state index < -0.39 is 21.7 Å². The molecule has 0 saturated heterocycles. The minimum absolute atomic E-state index is 0.0734. The highest BCUT2D eigenvalue weighted by molar-refractivity contribution is 7.90. The number of carboxylic acid groups (broad SMARTS) is 1. The van der Waals surface area contributed by atoms with Crippen molar-refractivity contribution >= 4 is 15.8 Å². The van der Waals surface area contributed by atoms with Crippen LogP contribution in [0.1, 0.15) is 11.5 Å². The normalized spacial score (nSPS) is 13.1. The van der Waals surface area contributed by atoms with Crippen LogP contribution in [0.4, 0.5) is 0 Å². The molecule has 0 aliphatic rings. The van der Waals surface area contributed by atoms with Gasteiger partial charge in [0.25, 0.3) is 0 Å². The van der Waals surface area contributed by atoms with Crippen LogP contribution in [0, 0.1) is 0 Å². The second kappa shape index (κ2) is 5.36. The molecule has 1 atom stereocenters. The summed E-state index contributed by atoms with van der Waals surface area (Å²) in [6.45, 7) is -0.0933. The van der Waals surface area contributed by atoms with Crippen molar-refractivity contribution in [1.82, 2.24) is 0 Å². The summed E-state index contributed by atoms with van der Waals surface area (Å²) in [5.74, 6) is -1.80. The Hall–Kier alpha value is -1.60. The molecule has 1 rings (SSSR count). The van der Waals surface area contributed by atoms with Crippen LogP contribution in [0.15, 0.2) is 23.1 Å². The zero-order valence-corrected chi connectivity index (χ0v) is 10.9. The average molecular weight is 273 g/mol. The second-order valence-corrected chi connectivity index (χ2v) is 5.82. The van der Waals surface area contributed by atoms with Crippen molar-refractivity contribution in [2.24, 2.45) is 5.73 Å². The third kappa shape index (κ3) is 2.99. The summed E-state index contributed by atoms with van der Waals surface area (Å²) in [6.07, 6.45) is 1.07. The topological polar surface area (TPSA) is 107 Å². The van der Waals surface area contributed by atoms with Crippen LogP contribution in [0.5, 0.6) is 5.75 Å². The Morgan fingerprint density at radius 1 is 1.50 bits per heavy atom. The first-order chi connectivity index (χ1) is 8.31. The van der Waals surface area contributed by atoms with Gasteiger partial charge in [0.2, 0.25) is 0 Å². The Balaban J connectivity index is 3.36. The van der Waals surface area contributed by atoms with Crippen LogP contribution in [-0.4, -0.2) is 39.4 Å². The molecule has 18 heavy (non-hydrogen) atoms. The SMILES string of the molecule is COc1cc(S(C)(=O)=O)ccc1C(CN)C(=O)O. The van der Waals surface area contributed by atoms with E-state index in [1.165, 1.54) is 25.3 Å². The van der Waals surface area contributed by atoms with E-state index in [2.05, 4.69) is 0 Å². The minimum atomic E-state index is -3.36. The number of hydrogen-bond acceptors (Lipinski definition) is 5.